The van der Waals surface area contributed by atoms with Gasteiger partial charge in [0.2, 0.25) is 0 Å². The average molecular weight is 394 g/mol. The molecule has 3 rings (SSSR count). The van der Waals surface area contributed by atoms with Gasteiger partial charge in [-0.1, -0.05) is 35.5 Å². The van der Waals surface area contributed by atoms with Crippen LogP contribution >= 0.6 is 0 Å². The van der Waals surface area contributed by atoms with E-state index in [-0.39, 0.29) is 11.3 Å². The lowest BCUT2D eigenvalue weighted by atomic mass is 10.2. The lowest BCUT2D eigenvalue weighted by Crippen LogP contribution is -2.34. The zero-order valence-corrected chi connectivity index (χ0v) is 15.6. The van der Waals surface area contributed by atoms with Crippen molar-refractivity contribution in [3.8, 4) is 5.75 Å². The zero-order valence-electron chi connectivity index (χ0n) is 15.6. The van der Waals surface area contributed by atoms with Crippen LogP contribution in [0.3, 0.4) is 0 Å². The van der Waals surface area contributed by atoms with Crippen molar-refractivity contribution >= 4 is 17.8 Å². The summed E-state index contributed by atoms with van der Waals surface area (Å²) in [4.78, 5) is 35.9. The Morgan fingerprint density at radius 3 is 2.45 bits per heavy atom. The number of hydrogen-bond acceptors (Lipinski definition) is 7. The highest BCUT2D eigenvalue weighted by Gasteiger charge is 2.16. The van der Waals surface area contributed by atoms with Crippen molar-refractivity contribution < 1.29 is 23.9 Å². The van der Waals surface area contributed by atoms with Gasteiger partial charge in [0.15, 0.2) is 12.3 Å². The van der Waals surface area contributed by atoms with Gasteiger partial charge in [-0.2, -0.15) is 0 Å². The van der Waals surface area contributed by atoms with Crippen LogP contribution in [-0.4, -0.2) is 46.5 Å². The first kappa shape index (κ1) is 19.7. The summed E-state index contributed by atoms with van der Waals surface area (Å²) in [5, 5.41) is 9.75. The summed E-state index contributed by atoms with van der Waals surface area (Å²) in [7, 11) is 1.51. The third-order valence-corrected chi connectivity index (χ3v) is 3.87. The Kier molecular flexibility index (Phi) is 6.31. The van der Waals surface area contributed by atoms with Gasteiger partial charge < -0.3 is 9.47 Å². The van der Waals surface area contributed by atoms with Gasteiger partial charge in [-0.3, -0.25) is 14.9 Å². The van der Waals surface area contributed by atoms with E-state index in [0.717, 1.165) is 5.56 Å². The number of carbonyl (C=O) groups is 3. The van der Waals surface area contributed by atoms with Crippen LogP contribution in [0.15, 0.2) is 60.8 Å². The summed E-state index contributed by atoms with van der Waals surface area (Å²) in [6.07, 6.45) is 1.43. The van der Waals surface area contributed by atoms with E-state index in [1.165, 1.54) is 30.1 Å². The Morgan fingerprint density at radius 2 is 1.76 bits per heavy atom. The van der Waals surface area contributed by atoms with Crippen LogP contribution in [0.2, 0.25) is 0 Å². The molecular weight excluding hydrogens is 376 g/mol. The second-order valence-corrected chi connectivity index (χ2v) is 5.97. The molecule has 2 amide bonds. The van der Waals surface area contributed by atoms with Gasteiger partial charge in [-0.15, -0.1) is 5.10 Å². The molecule has 1 aromatic heterocycles. The number of amides is 2. The second-order valence-electron chi connectivity index (χ2n) is 5.97. The molecule has 3 aromatic rings. The van der Waals surface area contributed by atoms with E-state index in [9.17, 15) is 14.4 Å². The smallest absolute Gasteiger partial charge is 0.361 e. The molecule has 0 aliphatic rings. The normalized spacial score (nSPS) is 10.2. The highest BCUT2D eigenvalue weighted by Crippen LogP contribution is 2.11. The largest absolute Gasteiger partial charge is 0.497 e. The van der Waals surface area contributed by atoms with E-state index in [4.69, 9.17) is 9.47 Å². The fraction of sp³-hybridized carbons (Fsp3) is 0.150. The van der Waals surface area contributed by atoms with Crippen LogP contribution in [0.5, 0.6) is 5.75 Å². The molecule has 2 aromatic carbocycles. The van der Waals surface area contributed by atoms with E-state index >= 15 is 0 Å². The zero-order chi connectivity index (χ0) is 20.6. The molecular formula is C20H18N4O5. The lowest BCUT2D eigenvalue weighted by Gasteiger charge is -2.05. The summed E-state index contributed by atoms with van der Waals surface area (Å²) in [6.45, 7) is -0.176. The van der Waals surface area contributed by atoms with Crippen molar-refractivity contribution in [3.05, 3.63) is 77.6 Å². The van der Waals surface area contributed by atoms with E-state index in [0.29, 0.717) is 12.3 Å². The molecule has 1 N–H and O–H groups in total. The van der Waals surface area contributed by atoms with Gasteiger partial charge >= 0.3 is 5.97 Å². The molecule has 0 fully saturated rings. The van der Waals surface area contributed by atoms with Gasteiger partial charge in [-0.25, -0.2) is 9.48 Å². The molecule has 1 heterocycles. The Labute approximate surface area is 166 Å². The summed E-state index contributed by atoms with van der Waals surface area (Å²) in [6, 6.07) is 15.7. The van der Waals surface area contributed by atoms with E-state index in [1.807, 2.05) is 30.3 Å². The maximum absolute atomic E-state index is 12.0. The maximum atomic E-state index is 12.0. The lowest BCUT2D eigenvalue weighted by molar-refractivity contribution is -0.123. The van der Waals surface area contributed by atoms with Crippen molar-refractivity contribution in [3.63, 3.8) is 0 Å². The van der Waals surface area contributed by atoms with Crippen molar-refractivity contribution in [1.82, 2.24) is 20.3 Å². The van der Waals surface area contributed by atoms with Crippen LogP contribution in [0.1, 0.15) is 26.4 Å². The van der Waals surface area contributed by atoms with Crippen molar-refractivity contribution in [2.75, 3.05) is 13.7 Å². The van der Waals surface area contributed by atoms with Gasteiger partial charge in [-0.05, 0) is 29.8 Å². The van der Waals surface area contributed by atoms with Crippen LogP contribution in [0.25, 0.3) is 0 Å². The Balaban J connectivity index is 1.48. The number of benzene rings is 2. The maximum Gasteiger partial charge on any atom is 0.361 e. The molecule has 148 valence electrons. The first-order valence-corrected chi connectivity index (χ1v) is 8.64. The third-order valence-electron chi connectivity index (χ3n) is 3.87. The number of hydrogen-bond donors (Lipinski definition) is 1. The standard InChI is InChI=1S/C20H18N4O5/c1-28-16-9-7-15(8-10-16)19(26)21-18(25)13-29-20(27)17-12-24(23-22-17)11-14-5-3-2-4-6-14/h2-10,12H,11,13H2,1H3,(H,21,25,26). The summed E-state index contributed by atoms with van der Waals surface area (Å²) >= 11 is 0. The molecule has 0 aliphatic carbocycles. The minimum absolute atomic E-state index is 0.0322. The van der Waals surface area contributed by atoms with Crippen molar-refractivity contribution in [2.24, 2.45) is 0 Å². The number of esters is 1. The summed E-state index contributed by atoms with van der Waals surface area (Å²) < 4.78 is 11.4. The number of nitrogens with zero attached hydrogens (tertiary/aromatic N) is 3. The number of imide groups is 1. The molecule has 0 unspecified atom stereocenters. The number of ether oxygens (including phenoxy) is 2. The second kappa shape index (κ2) is 9.27. The van der Waals surface area contributed by atoms with Crippen LogP contribution in [-0.2, 0) is 16.1 Å². The first-order chi connectivity index (χ1) is 14.0. The molecule has 0 saturated heterocycles. The first-order valence-electron chi connectivity index (χ1n) is 8.64. The Hall–Kier alpha value is -4.01. The molecule has 0 radical (unpaired) electrons. The predicted molar refractivity (Wildman–Crippen MR) is 101 cm³/mol. The number of methoxy groups -OCH3 is 1. The van der Waals surface area contributed by atoms with E-state index in [1.54, 1.807) is 12.1 Å². The van der Waals surface area contributed by atoms with E-state index < -0.39 is 24.4 Å². The number of aromatic nitrogens is 3. The molecule has 0 saturated carbocycles. The summed E-state index contributed by atoms with van der Waals surface area (Å²) in [5.74, 6) is -1.59. The molecule has 0 bridgehead atoms. The minimum atomic E-state index is -0.809. The highest BCUT2D eigenvalue weighted by molar-refractivity contribution is 6.05. The molecule has 9 nitrogen and oxygen atoms in total. The fourth-order valence-corrected chi connectivity index (χ4v) is 2.42. The van der Waals surface area contributed by atoms with Crippen molar-refractivity contribution in [2.45, 2.75) is 6.54 Å². The molecule has 29 heavy (non-hydrogen) atoms. The Morgan fingerprint density at radius 1 is 1.03 bits per heavy atom. The monoisotopic (exact) mass is 394 g/mol. The fourth-order valence-electron chi connectivity index (χ4n) is 2.42. The van der Waals surface area contributed by atoms with Crippen LogP contribution in [0, 0.1) is 0 Å². The van der Waals surface area contributed by atoms with Gasteiger partial charge in [0, 0.05) is 5.56 Å². The van der Waals surface area contributed by atoms with Gasteiger partial charge in [0.05, 0.1) is 19.9 Å². The Bertz CT molecular complexity index is 999. The number of carbonyl (C=O) groups excluding carboxylic acids is 3. The third kappa shape index (κ3) is 5.48. The topological polar surface area (TPSA) is 112 Å². The van der Waals surface area contributed by atoms with Crippen LogP contribution < -0.4 is 10.1 Å². The molecule has 0 spiro atoms. The summed E-state index contributed by atoms with van der Waals surface area (Å²) in [5.41, 5.74) is 1.23. The average Bonchev–Trinajstić information content (AvgIpc) is 3.21. The van der Waals surface area contributed by atoms with Crippen molar-refractivity contribution in [1.29, 1.82) is 0 Å². The van der Waals surface area contributed by atoms with Crippen LogP contribution in [0.4, 0.5) is 0 Å². The quantitative estimate of drug-likeness (QED) is 0.604. The molecule has 9 heteroatoms. The SMILES string of the molecule is COc1ccc(C(=O)NC(=O)COC(=O)c2cn(Cc3ccccc3)nn2)cc1. The predicted octanol–water partition coefficient (Wildman–Crippen LogP) is 1.45. The van der Waals surface area contributed by atoms with Gasteiger partial charge in [0.25, 0.3) is 11.8 Å². The van der Waals surface area contributed by atoms with Gasteiger partial charge in [0.1, 0.15) is 5.75 Å². The molecule has 0 aliphatic heterocycles. The highest BCUT2D eigenvalue weighted by atomic mass is 16.5. The number of nitrogens with one attached hydrogen (secondary N) is 1. The van der Waals surface area contributed by atoms with E-state index in [2.05, 4.69) is 15.6 Å². The molecule has 0 atom stereocenters. The minimum Gasteiger partial charge on any atom is -0.497 e. The number of rotatable bonds is 7.